The van der Waals surface area contributed by atoms with E-state index in [-0.39, 0.29) is 17.3 Å². The topological polar surface area (TPSA) is 76.1 Å². The summed E-state index contributed by atoms with van der Waals surface area (Å²) in [7, 11) is -3.88. The number of halogens is 1. The summed E-state index contributed by atoms with van der Waals surface area (Å²) in [5, 5.41) is 1.65. The average molecular weight is 398 g/mol. The van der Waals surface area contributed by atoms with E-state index in [2.05, 4.69) is 10.3 Å². The Hall–Kier alpha value is -3.06. The zero-order chi connectivity index (χ0) is 20.1. The molecule has 0 saturated heterocycles. The summed E-state index contributed by atoms with van der Waals surface area (Å²) in [6.07, 6.45) is 2.99. The van der Waals surface area contributed by atoms with Gasteiger partial charge >= 0.3 is 0 Å². The van der Waals surface area contributed by atoms with Crippen molar-refractivity contribution in [1.82, 2.24) is 10.3 Å². The summed E-state index contributed by atoms with van der Waals surface area (Å²) >= 11 is 0. The van der Waals surface area contributed by atoms with Crippen molar-refractivity contribution in [2.45, 2.75) is 17.1 Å². The highest BCUT2D eigenvalue weighted by Crippen LogP contribution is 2.28. The summed E-state index contributed by atoms with van der Waals surface area (Å²) in [6.45, 7) is 1.67. The lowest BCUT2D eigenvalue weighted by molar-refractivity contribution is 0.0953. The van der Waals surface area contributed by atoms with Gasteiger partial charge in [-0.3, -0.25) is 9.78 Å². The van der Waals surface area contributed by atoms with Crippen LogP contribution >= 0.6 is 0 Å². The maximum Gasteiger partial charge on any atom is 0.251 e. The van der Waals surface area contributed by atoms with Crippen LogP contribution in [0.3, 0.4) is 0 Å². The third kappa shape index (κ3) is 4.26. The fourth-order valence-corrected chi connectivity index (χ4v) is 4.51. The molecule has 0 radical (unpaired) electrons. The normalized spacial score (nSPS) is 12.4. The number of aromatic nitrogens is 1. The lowest BCUT2D eigenvalue weighted by Gasteiger charge is -2.19. The van der Waals surface area contributed by atoms with E-state index in [0.29, 0.717) is 11.1 Å². The van der Waals surface area contributed by atoms with Crippen molar-refractivity contribution in [3.63, 3.8) is 0 Å². The number of benzene rings is 2. The number of aryl methyl sites for hydroxylation is 1. The van der Waals surface area contributed by atoms with Gasteiger partial charge in [-0.1, -0.05) is 24.3 Å². The maximum absolute atomic E-state index is 13.2. The number of rotatable bonds is 6. The zero-order valence-electron chi connectivity index (χ0n) is 15.2. The first-order valence-corrected chi connectivity index (χ1v) is 10.2. The molecule has 0 aliphatic rings. The molecule has 3 aromatic rings. The van der Waals surface area contributed by atoms with Gasteiger partial charge < -0.3 is 5.32 Å². The molecule has 1 N–H and O–H groups in total. The summed E-state index contributed by atoms with van der Waals surface area (Å²) in [5.41, 5.74) is 1.71. The van der Waals surface area contributed by atoms with E-state index in [1.165, 1.54) is 24.5 Å². The second-order valence-electron chi connectivity index (χ2n) is 6.30. The number of nitrogens with zero attached hydrogens (tertiary/aromatic N) is 1. The standard InChI is InChI=1S/C21H19FN2O3S/c1-15-5-2-3-7-19(15)21(25)24-14-20(16-6-4-12-23-13-16)28(26,27)18-10-8-17(22)9-11-18/h2-13,20H,14H2,1H3,(H,24,25). The number of amides is 1. The Morgan fingerprint density at radius 2 is 1.79 bits per heavy atom. The number of carbonyl (C=O) groups excluding carboxylic acids is 1. The van der Waals surface area contributed by atoms with E-state index in [9.17, 15) is 17.6 Å². The first-order chi connectivity index (χ1) is 13.4. The van der Waals surface area contributed by atoms with Crippen molar-refractivity contribution >= 4 is 15.7 Å². The Morgan fingerprint density at radius 3 is 2.43 bits per heavy atom. The summed E-state index contributed by atoms with van der Waals surface area (Å²) in [6, 6.07) is 15.0. The number of carbonyl (C=O) groups is 1. The molecule has 0 aliphatic carbocycles. The van der Waals surface area contributed by atoms with Crippen LogP contribution in [0, 0.1) is 12.7 Å². The van der Waals surface area contributed by atoms with E-state index < -0.39 is 20.9 Å². The van der Waals surface area contributed by atoms with Crippen LogP contribution in [0.5, 0.6) is 0 Å². The number of nitrogens with one attached hydrogen (secondary N) is 1. The molecule has 0 bridgehead atoms. The predicted octanol–water partition coefficient (Wildman–Crippen LogP) is 3.47. The van der Waals surface area contributed by atoms with Gasteiger partial charge in [0, 0.05) is 24.5 Å². The molecule has 1 unspecified atom stereocenters. The molecule has 1 atom stereocenters. The molecule has 144 valence electrons. The van der Waals surface area contributed by atoms with Crippen LogP contribution in [0.4, 0.5) is 4.39 Å². The average Bonchev–Trinajstić information content (AvgIpc) is 2.69. The van der Waals surface area contributed by atoms with Crippen LogP contribution in [-0.4, -0.2) is 25.9 Å². The molecule has 1 amide bonds. The quantitative estimate of drug-likeness (QED) is 0.645. The Kier molecular flexibility index (Phi) is 5.84. The molecule has 0 fully saturated rings. The summed E-state index contributed by atoms with van der Waals surface area (Å²) in [5.74, 6) is -0.883. The van der Waals surface area contributed by atoms with Gasteiger partial charge in [0.1, 0.15) is 11.1 Å². The van der Waals surface area contributed by atoms with Crippen molar-refractivity contribution in [3.05, 3.63) is 95.6 Å². The number of hydrogen-bond acceptors (Lipinski definition) is 4. The monoisotopic (exact) mass is 398 g/mol. The van der Waals surface area contributed by atoms with Crippen LogP contribution in [0.1, 0.15) is 26.7 Å². The molecule has 3 rings (SSSR count). The summed E-state index contributed by atoms with van der Waals surface area (Å²) < 4.78 is 39.5. The van der Waals surface area contributed by atoms with Gasteiger partial charge in [-0.25, -0.2) is 12.8 Å². The smallest absolute Gasteiger partial charge is 0.251 e. The Bertz CT molecular complexity index is 1070. The third-order valence-electron chi connectivity index (χ3n) is 4.41. The van der Waals surface area contributed by atoms with Gasteiger partial charge in [-0.2, -0.15) is 0 Å². The van der Waals surface area contributed by atoms with Gasteiger partial charge in [0.05, 0.1) is 4.90 Å². The van der Waals surface area contributed by atoms with Crippen LogP contribution in [0.2, 0.25) is 0 Å². The fraction of sp³-hybridized carbons (Fsp3) is 0.143. The highest BCUT2D eigenvalue weighted by atomic mass is 32.2. The van der Waals surface area contributed by atoms with Gasteiger partial charge in [0.15, 0.2) is 9.84 Å². The molecule has 1 aromatic heterocycles. The van der Waals surface area contributed by atoms with Crippen molar-refractivity contribution in [3.8, 4) is 0 Å². The predicted molar refractivity (Wildman–Crippen MR) is 104 cm³/mol. The molecule has 5 nitrogen and oxygen atoms in total. The molecular weight excluding hydrogens is 379 g/mol. The second kappa shape index (κ2) is 8.31. The van der Waals surface area contributed by atoms with E-state index in [1.807, 2.05) is 19.1 Å². The van der Waals surface area contributed by atoms with E-state index >= 15 is 0 Å². The van der Waals surface area contributed by atoms with Gasteiger partial charge in [-0.05, 0) is 54.4 Å². The number of hydrogen-bond donors (Lipinski definition) is 1. The van der Waals surface area contributed by atoms with Crippen LogP contribution in [-0.2, 0) is 9.84 Å². The molecule has 1 heterocycles. The molecule has 7 heteroatoms. The van der Waals surface area contributed by atoms with Gasteiger partial charge in [-0.15, -0.1) is 0 Å². The first kappa shape index (κ1) is 19.7. The molecule has 0 aliphatic heterocycles. The summed E-state index contributed by atoms with van der Waals surface area (Å²) in [4.78, 5) is 16.5. The van der Waals surface area contributed by atoms with E-state index in [4.69, 9.17) is 0 Å². The van der Waals surface area contributed by atoms with Crippen LogP contribution in [0.25, 0.3) is 0 Å². The lowest BCUT2D eigenvalue weighted by atomic mass is 10.1. The number of pyridine rings is 1. The van der Waals surface area contributed by atoms with Gasteiger partial charge in [0.25, 0.3) is 5.91 Å². The van der Waals surface area contributed by atoms with E-state index in [0.717, 1.165) is 17.7 Å². The SMILES string of the molecule is Cc1ccccc1C(=O)NCC(c1cccnc1)S(=O)(=O)c1ccc(F)cc1. The van der Waals surface area contributed by atoms with Crippen molar-refractivity contribution < 1.29 is 17.6 Å². The molecule has 0 spiro atoms. The van der Waals surface area contributed by atoms with Crippen molar-refractivity contribution in [1.29, 1.82) is 0 Å². The van der Waals surface area contributed by atoms with Crippen LogP contribution in [0.15, 0.2) is 78.0 Å². The lowest BCUT2D eigenvalue weighted by Crippen LogP contribution is -2.32. The highest BCUT2D eigenvalue weighted by Gasteiger charge is 2.30. The minimum atomic E-state index is -3.88. The largest absolute Gasteiger partial charge is 0.350 e. The fourth-order valence-electron chi connectivity index (χ4n) is 2.87. The minimum absolute atomic E-state index is 0.0205. The highest BCUT2D eigenvalue weighted by molar-refractivity contribution is 7.91. The first-order valence-electron chi connectivity index (χ1n) is 8.63. The van der Waals surface area contributed by atoms with Crippen LogP contribution < -0.4 is 5.32 Å². The Labute approximate surface area is 163 Å². The third-order valence-corrected chi connectivity index (χ3v) is 6.53. The molecule has 0 saturated carbocycles. The maximum atomic E-state index is 13.2. The van der Waals surface area contributed by atoms with Gasteiger partial charge in [0.2, 0.25) is 0 Å². The molecule has 28 heavy (non-hydrogen) atoms. The van der Waals surface area contributed by atoms with E-state index in [1.54, 1.807) is 24.3 Å². The van der Waals surface area contributed by atoms with Crippen molar-refractivity contribution in [2.24, 2.45) is 0 Å². The van der Waals surface area contributed by atoms with Crippen molar-refractivity contribution in [2.75, 3.05) is 6.54 Å². The Balaban J connectivity index is 1.91. The second-order valence-corrected chi connectivity index (χ2v) is 8.43. The number of sulfone groups is 1. The Morgan fingerprint density at radius 1 is 1.07 bits per heavy atom. The minimum Gasteiger partial charge on any atom is -0.350 e. The molecular formula is C21H19FN2O3S. The molecule has 2 aromatic carbocycles. The zero-order valence-corrected chi connectivity index (χ0v) is 16.0.